The minimum atomic E-state index is -0.626. The third-order valence-electron chi connectivity index (χ3n) is 4.75. The molecule has 0 radical (unpaired) electrons. The largest absolute Gasteiger partial charge is 0.393 e. The number of rotatable bonds is 6. The monoisotopic (exact) mass is 347 g/mol. The van der Waals surface area contributed by atoms with Gasteiger partial charge in [0.25, 0.3) is 0 Å². The van der Waals surface area contributed by atoms with E-state index in [-0.39, 0.29) is 23.7 Å². The van der Waals surface area contributed by atoms with Crippen LogP contribution >= 0.6 is 0 Å². The van der Waals surface area contributed by atoms with Gasteiger partial charge in [-0.3, -0.25) is 4.79 Å². The molecule has 3 unspecified atom stereocenters. The Kier molecular flexibility index (Phi) is 5.37. The van der Waals surface area contributed by atoms with Crippen LogP contribution in [0.5, 0.6) is 0 Å². The van der Waals surface area contributed by atoms with Gasteiger partial charge in [0.05, 0.1) is 6.10 Å². The summed E-state index contributed by atoms with van der Waals surface area (Å²) in [5.74, 6) is 0.0888. The van der Waals surface area contributed by atoms with Gasteiger partial charge >= 0.3 is 0 Å². The van der Waals surface area contributed by atoms with Crippen LogP contribution in [-0.4, -0.2) is 43.9 Å². The van der Waals surface area contributed by atoms with Gasteiger partial charge in [-0.25, -0.2) is 9.07 Å². The summed E-state index contributed by atoms with van der Waals surface area (Å²) in [6.45, 7) is 2.16. The van der Waals surface area contributed by atoms with Crippen molar-refractivity contribution in [1.82, 2.24) is 25.5 Å². The van der Waals surface area contributed by atoms with Crippen molar-refractivity contribution >= 4 is 5.91 Å². The van der Waals surface area contributed by atoms with E-state index in [1.165, 1.54) is 16.8 Å². The lowest BCUT2D eigenvalue weighted by Gasteiger charge is -2.20. The fourth-order valence-corrected chi connectivity index (χ4v) is 3.27. The predicted molar refractivity (Wildman–Crippen MR) is 88.1 cm³/mol. The number of carbonyl (C=O) groups is 1. The molecule has 0 aliphatic heterocycles. The van der Waals surface area contributed by atoms with Crippen molar-refractivity contribution in [2.45, 2.75) is 44.8 Å². The first-order valence-electron chi connectivity index (χ1n) is 8.49. The van der Waals surface area contributed by atoms with Gasteiger partial charge in [0.1, 0.15) is 17.7 Å². The van der Waals surface area contributed by atoms with Crippen molar-refractivity contribution in [2.24, 2.45) is 5.92 Å². The molecule has 3 rings (SSSR count). The van der Waals surface area contributed by atoms with E-state index in [2.05, 4.69) is 20.8 Å². The number of halogens is 1. The SMILES string of the molecule is Cc1nnnn1C(Cc1ccc(F)cc1)C(=O)NCC1CCCC1O. The van der Waals surface area contributed by atoms with Crippen molar-refractivity contribution in [3.8, 4) is 0 Å². The second-order valence-electron chi connectivity index (χ2n) is 6.52. The Labute approximate surface area is 145 Å². The number of hydrogen-bond acceptors (Lipinski definition) is 5. The van der Waals surface area contributed by atoms with Gasteiger partial charge in [-0.2, -0.15) is 0 Å². The first kappa shape index (κ1) is 17.5. The maximum Gasteiger partial charge on any atom is 0.245 e. The van der Waals surface area contributed by atoms with E-state index in [1.54, 1.807) is 19.1 Å². The van der Waals surface area contributed by atoms with E-state index < -0.39 is 6.04 Å². The molecule has 7 nitrogen and oxygen atoms in total. The molecular formula is C17H22FN5O2. The summed E-state index contributed by atoms with van der Waals surface area (Å²) in [4.78, 5) is 12.7. The molecule has 8 heteroatoms. The minimum absolute atomic E-state index is 0.0883. The number of benzene rings is 1. The normalized spacial score (nSPS) is 21.2. The molecule has 2 N–H and O–H groups in total. The van der Waals surface area contributed by atoms with Crippen LogP contribution in [0.3, 0.4) is 0 Å². The minimum Gasteiger partial charge on any atom is -0.393 e. The highest BCUT2D eigenvalue weighted by molar-refractivity contribution is 5.80. The maximum atomic E-state index is 13.1. The molecule has 1 heterocycles. The lowest BCUT2D eigenvalue weighted by Crippen LogP contribution is -2.39. The summed E-state index contributed by atoms with van der Waals surface area (Å²) < 4.78 is 14.6. The molecule has 1 aromatic heterocycles. The van der Waals surface area contributed by atoms with Gasteiger partial charge in [0.2, 0.25) is 5.91 Å². The number of nitrogens with one attached hydrogen (secondary N) is 1. The van der Waals surface area contributed by atoms with Crippen LogP contribution in [0, 0.1) is 18.7 Å². The summed E-state index contributed by atoms with van der Waals surface area (Å²) in [7, 11) is 0. The molecule has 1 aliphatic rings. The summed E-state index contributed by atoms with van der Waals surface area (Å²) >= 11 is 0. The zero-order chi connectivity index (χ0) is 17.8. The summed E-state index contributed by atoms with van der Waals surface area (Å²) in [6, 6.07) is 5.41. The molecule has 1 fully saturated rings. The first-order chi connectivity index (χ1) is 12.0. The first-order valence-corrected chi connectivity index (χ1v) is 8.49. The molecular weight excluding hydrogens is 325 g/mol. The number of amides is 1. The molecule has 0 spiro atoms. The van der Waals surface area contributed by atoms with Gasteiger partial charge in [0.15, 0.2) is 0 Å². The highest BCUT2D eigenvalue weighted by atomic mass is 19.1. The van der Waals surface area contributed by atoms with Crippen LogP contribution in [0.4, 0.5) is 4.39 Å². The molecule has 3 atom stereocenters. The number of carbonyl (C=O) groups excluding carboxylic acids is 1. The average Bonchev–Trinajstić information content (AvgIpc) is 3.20. The molecule has 25 heavy (non-hydrogen) atoms. The smallest absolute Gasteiger partial charge is 0.245 e. The Bertz CT molecular complexity index is 718. The predicted octanol–water partition coefficient (Wildman–Crippen LogP) is 1.18. The Balaban J connectivity index is 1.72. The van der Waals surface area contributed by atoms with E-state index in [9.17, 15) is 14.3 Å². The van der Waals surface area contributed by atoms with Crippen LogP contribution in [0.2, 0.25) is 0 Å². The van der Waals surface area contributed by atoms with Crippen LogP contribution in [0.15, 0.2) is 24.3 Å². The van der Waals surface area contributed by atoms with Crippen LogP contribution < -0.4 is 5.32 Å². The Hall–Kier alpha value is -2.35. The number of aliphatic hydroxyl groups is 1. The lowest BCUT2D eigenvalue weighted by atomic mass is 10.0. The van der Waals surface area contributed by atoms with Crippen molar-refractivity contribution in [2.75, 3.05) is 6.54 Å². The second kappa shape index (κ2) is 7.69. The van der Waals surface area contributed by atoms with E-state index in [1.807, 2.05) is 0 Å². The lowest BCUT2D eigenvalue weighted by molar-refractivity contribution is -0.125. The highest BCUT2D eigenvalue weighted by Gasteiger charge is 2.28. The van der Waals surface area contributed by atoms with Crippen molar-refractivity contribution in [3.63, 3.8) is 0 Å². The van der Waals surface area contributed by atoms with Gasteiger partial charge < -0.3 is 10.4 Å². The summed E-state index contributed by atoms with van der Waals surface area (Å²) in [5, 5.41) is 24.2. The zero-order valence-electron chi connectivity index (χ0n) is 14.1. The van der Waals surface area contributed by atoms with E-state index in [4.69, 9.17) is 0 Å². The Morgan fingerprint density at radius 1 is 1.40 bits per heavy atom. The van der Waals surface area contributed by atoms with Crippen LogP contribution in [0.25, 0.3) is 0 Å². The quantitative estimate of drug-likeness (QED) is 0.819. The molecule has 1 aromatic carbocycles. The Morgan fingerprint density at radius 3 is 2.76 bits per heavy atom. The maximum absolute atomic E-state index is 13.1. The highest BCUT2D eigenvalue weighted by Crippen LogP contribution is 2.25. The summed E-state index contributed by atoms with van der Waals surface area (Å²) in [6.07, 6.45) is 2.67. The fourth-order valence-electron chi connectivity index (χ4n) is 3.27. The number of nitrogens with zero attached hydrogens (tertiary/aromatic N) is 4. The van der Waals surface area contributed by atoms with Gasteiger partial charge in [0, 0.05) is 18.9 Å². The molecule has 0 saturated heterocycles. The third kappa shape index (κ3) is 4.19. The Morgan fingerprint density at radius 2 is 2.16 bits per heavy atom. The number of hydrogen-bond donors (Lipinski definition) is 2. The third-order valence-corrected chi connectivity index (χ3v) is 4.75. The van der Waals surface area contributed by atoms with Crippen LogP contribution in [-0.2, 0) is 11.2 Å². The van der Waals surface area contributed by atoms with Gasteiger partial charge in [-0.1, -0.05) is 18.6 Å². The molecule has 134 valence electrons. The summed E-state index contributed by atoms with van der Waals surface area (Å²) in [5.41, 5.74) is 0.817. The number of aromatic nitrogens is 4. The molecule has 2 aromatic rings. The van der Waals surface area contributed by atoms with E-state index in [0.717, 1.165) is 24.8 Å². The van der Waals surface area contributed by atoms with E-state index in [0.29, 0.717) is 18.8 Å². The topological polar surface area (TPSA) is 92.9 Å². The molecule has 0 bridgehead atoms. The van der Waals surface area contributed by atoms with Crippen molar-refractivity contribution < 1.29 is 14.3 Å². The number of tetrazole rings is 1. The fraction of sp³-hybridized carbons (Fsp3) is 0.529. The molecule has 1 aliphatic carbocycles. The number of aliphatic hydroxyl groups excluding tert-OH is 1. The number of aryl methyl sites for hydroxylation is 1. The van der Waals surface area contributed by atoms with Crippen molar-refractivity contribution in [1.29, 1.82) is 0 Å². The zero-order valence-corrected chi connectivity index (χ0v) is 14.1. The second-order valence-corrected chi connectivity index (χ2v) is 6.52. The molecule has 1 amide bonds. The van der Waals surface area contributed by atoms with Gasteiger partial charge in [-0.15, -0.1) is 5.10 Å². The average molecular weight is 347 g/mol. The van der Waals surface area contributed by atoms with Crippen LogP contribution in [0.1, 0.15) is 36.7 Å². The van der Waals surface area contributed by atoms with Gasteiger partial charge in [-0.05, 0) is 47.9 Å². The van der Waals surface area contributed by atoms with Crippen molar-refractivity contribution in [3.05, 3.63) is 41.5 Å². The molecule has 1 saturated carbocycles. The standard InChI is InChI=1S/C17H22FN5O2/c1-11-20-21-22-23(11)15(9-12-5-7-14(18)8-6-12)17(25)19-10-13-3-2-4-16(13)24/h5-8,13,15-16,24H,2-4,9-10H2,1H3,(H,19,25). The van der Waals surface area contributed by atoms with E-state index >= 15 is 0 Å².